The summed E-state index contributed by atoms with van der Waals surface area (Å²) in [5.74, 6) is 0.186. The van der Waals surface area contributed by atoms with Crippen molar-refractivity contribution in [1.29, 1.82) is 0 Å². The third-order valence-corrected chi connectivity index (χ3v) is 8.55. The molecule has 2 aliphatic rings. The largest absolute Gasteiger partial charge is 0.344 e. The van der Waals surface area contributed by atoms with Gasteiger partial charge in [-0.15, -0.1) is 0 Å². The van der Waals surface area contributed by atoms with Crippen molar-refractivity contribution in [2.75, 3.05) is 5.32 Å². The quantitative estimate of drug-likeness (QED) is 0.489. The first-order valence-electron chi connectivity index (χ1n) is 12.8. The highest BCUT2D eigenvalue weighted by Gasteiger charge is 2.29. The second-order valence-corrected chi connectivity index (χ2v) is 12.7. The Bertz CT molecular complexity index is 926. The molecule has 0 unspecified atom stereocenters. The van der Waals surface area contributed by atoms with Gasteiger partial charge in [0.15, 0.2) is 0 Å². The van der Waals surface area contributed by atoms with E-state index in [-0.39, 0.29) is 22.6 Å². The highest BCUT2D eigenvalue weighted by atomic mass is 32.2. The molecule has 0 heterocycles. The molecule has 2 aliphatic carbocycles. The van der Waals surface area contributed by atoms with Crippen molar-refractivity contribution in [2.45, 2.75) is 108 Å². The molecule has 0 aromatic heterocycles. The average molecular weight is 492 g/mol. The summed E-state index contributed by atoms with van der Waals surface area (Å²) in [4.78, 5) is 26.3. The van der Waals surface area contributed by atoms with Crippen LogP contribution in [0, 0.1) is 11.8 Å². The third-order valence-electron chi connectivity index (χ3n) is 6.78. The van der Waals surface area contributed by atoms with Gasteiger partial charge in [-0.05, 0) is 70.2 Å². The Morgan fingerprint density at radius 2 is 1.47 bits per heavy atom. The van der Waals surface area contributed by atoms with Crippen LogP contribution in [-0.4, -0.2) is 31.8 Å². The highest BCUT2D eigenvalue weighted by molar-refractivity contribution is 7.89. The zero-order chi connectivity index (χ0) is 24.8. The van der Waals surface area contributed by atoms with Crippen molar-refractivity contribution >= 4 is 27.5 Å². The van der Waals surface area contributed by atoms with E-state index in [0.29, 0.717) is 18.0 Å². The number of hydrogen-bond acceptors (Lipinski definition) is 4. The van der Waals surface area contributed by atoms with Gasteiger partial charge in [0.1, 0.15) is 6.04 Å². The number of rotatable bonds is 8. The van der Waals surface area contributed by atoms with Crippen LogP contribution in [0.4, 0.5) is 5.69 Å². The van der Waals surface area contributed by atoms with Crippen molar-refractivity contribution in [2.24, 2.45) is 11.8 Å². The fourth-order valence-electron chi connectivity index (χ4n) is 5.05. The minimum absolute atomic E-state index is 0.00443. The van der Waals surface area contributed by atoms with E-state index in [4.69, 9.17) is 0 Å². The van der Waals surface area contributed by atoms with Crippen LogP contribution < -0.4 is 15.4 Å². The third kappa shape index (κ3) is 8.08. The zero-order valence-corrected chi connectivity index (χ0v) is 21.7. The maximum atomic E-state index is 13.2. The van der Waals surface area contributed by atoms with Gasteiger partial charge in [0.25, 0.3) is 0 Å². The van der Waals surface area contributed by atoms with E-state index >= 15 is 0 Å². The minimum atomic E-state index is -3.65. The van der Waals surface area contributed by atoms with Crippen molar-refractivity contribution in [3.8, 4) is 0 Å². The van der Waals surface area contributed by atoms with Gasteiger partial charge < -0.3 is 10.6 Å². The summed E-state index contributed by atoms with van der Waals surface area (Å²) in [5.41, 5.74) is -0.0746. The second-order valence-electron chi connectivity index (χ2n) is 11.0. The summed E-state index contributed by atoms with van der Waals surface area (Å²) in [6.45, 7) is 5.35. The number of sulfonamides is 1. The molecule has 0 saturated heterocycles. The van der Waals surface area contributed by atoms with E-state index in [9.17, 15) is 18.0 Å². The van der Waals surface area contributed by atoms with Crippen LogP contribution in [0.25, 0.3) is 0 Å². The predicted molar refractivity (Wildman–Crippen MR) is 135 cm³/mol. The summed E-state index contributed by atoms with van der Waals surface area (Å²) in [7, 11) is -3.65. The lowest BCUT2D eigenvalue weighted by molar-refractivity contribution is -0.130. The molecular weight excluding hydrogens is 450 g/mol. The Hall–Kier alpha value is -1.93. The minimum Gasteiger partial charge on any atom is -0.344 e. The zero-order valence-electron chi connectivity index (χ0n) is 20.9. The standard InChI is InChI=1S/C26H41N3O4S/c1-26(2,3)29-34(32,33)22-16-14-21(15-17-22)27-25(31)23(18-19-10-6-4-7-11-19)28-24(30)20-12-8-5-9-13-20/h14-17,19-20,23,29H,4-13,18H2,1-3H3,(H,27,31)(H,28,30)/t23-/m0/s1. The first kappa shape index (κ1) is 26.7. The molecule has 2 amide bonds. The van der Waals surface area contributed by atoms with Gasteiger partial charge in [-0.25, -0.2) is 13.1 Å². The highest BCUT2D eigenvalue weighted by Crippen LogP contribution is 2.29. The van der Waals surface area contributed by atoms with Crippen LogP contribution >= 0.6 is 0 Å². The van der Waals surface area contributed by atoms with Crippen molar-refractivity contribution in [1.82, 2.24) is 10.0 Å². The maximum absolute atomic E-state index is 13.2. The van der Waals surface area contributed by atoms with Crippen LogP contribution in [0.2, 0.25) is 0 Å². The molecular formula is C26H41N3O4S. The fourth-order valence-corrected chi connectivity index (χ4v) is 6.47. The molecule has 2 saturated carbocycles. The van der Waals surface area contributed by atoms with Gasteiger partial charge in [0, 0.05) is 17.1 Å². The maximum Gasteiger partial charge on any atom is 0.246 e. The number of nitrogens with one attached hydrogen (secondary N) is 3. The van der Waals surface area contributed by atoms with Gasteiger partial charge in [0.05, 0.1) is 4.90 Å². The van der Waals surface area contributed by atoms with Crippen LogP contribution in [0.15, 0.2) is 29.2 Å². The van der Waals surface area contributed by atoms with Crippen LogP contribution in [0.1, 0.15) is 91.4 Å². The lowest BCUT2D eigenvalue weighted by Crippen LogP contribution is -2.47. The summed E-state index contributed by atoms with van der Waals surface area (Å²) in [5, 5.41) is 5.96. The Labute approximate surface area is 204 Å². The number of hydrogen-bond donors (Lipinski definition) is 3. The summed E-state index contributed by atoms with van der Waals surface area (Å²) < 4.78 is 27.7. The van der Waals surface area contributed by atoms with Crippen LogP contribution in [0.3, 0.4) is 0 Å². The lowest BCUT2D eigenvalue weighted by atomic mass is 9.84. The molecule has 0 radical (unpaired) electrons. The molecule has 0 spiro atoms. The van der Waals surface area contributed by atoms with E-state index in [1.54, 1.807) is 32.9 Å². The molecule has 34 heavy (non-hydrogen) atoms. The second kappa shape index (κ2) is 11.7. The first-order chi connectivity index (χ1) is 16.0. The Balaban J connectivity index is 1.67. The number of benzene rings is 1. The van der Waals surface area contributed by atoms with Gasteiger partial charge in [0.2, 0.25) is 21.8 Å². The fraction of sp³-hybridized carbons (Fsp3) is 0.692. The number of anilines is 1. The van der Waals surface area contributed by atoms with Gasteiger partial charge in [-0.2, -0.15) is 0 Å². The Morgan fingerprint density at radius 1 is 0.912 bits per heavy atom. The van der Waals surface area contributed by atoms with E-state index in [1.807, 2.05) is 0 Å². The van der Waals surface area contributed by atoms with Gasteiger partial charge >= 0.3 is 0 Å². The Morgan fingerprint density at radius 3 is 2.03 bits per heavy atom. The summed E-state index contributed by atoms with van der Waals surface area (Å²) >= 11 is 0. The van der Waals surface area contributed by atoms with Crippen LogP contribution in [-0.2, 0) is 19.6 Å². The molecule has 1 aromatic rings. The van der Waals surface area contributed by atoms with E-state index in [0.717, 1.165) is 38.5 Å². The van der Waals surface area contributed by atoms with Crippen molar-refractivity contribution < 1.29 is 18.0 Å². The molecule has 8 heteroatoms. The molecule has 3 N–H and O–H groups in total. The molecule has 1 aromatic carbocycles. The molecule has 2 fully saturated rings. The molecule has 7 nitrogen and oxygen atoms in total. The van der Waals surface area contributed by atoms with E-state index in [1.165, 1.54) is 37.8 Å². The van der Waals surface area contributed by atoms with Crippen molar-refractivity contribution in [3.05, 3.63) is 24.3 Å². The molecule has 0 aliphatic heterocycles. The molecule has 3 rings (SSSR count). The number of carbonyl (C=O) groups is 2. The first-order valence-corrected chi connectivity index (χ1v) is 14.3. The predicted octanol–water partition coefficient (Wildman–Crippen LogP) is 4.74. The van der Waals surface area contributed by atoms with E-state index < -0.39 is 21.6 Å². The average Bonchev–Trinajstić information content (AvgIpc) is 2.78. The summed E-state index contributed by atoms with van der Waals surface area (Å²) in [6.07, 6.45) is 11.5. The normalized spacial score (nSPS) is 19.4. The smallest absolute Gasteiger partial charge is 0.246 e. The monoisotopic (exact) mass is 491 g/mol. The van der Waals surface area contributed by atoms with Gasteiger partial charge in [-0.1, -0.05) is 51.4 Å². The van der Waals surface area contributed by atoms with E-state index in [2.05, 4.69) is 15.4 Å². The Kier molecular flexibility index (Phi) is 9.15. The molecule has 0 bridgehead atoms. The molecule has 1 atom stereocenters. The topological polar surface area (TPSA) is 104 Å². The lowest BCUT2D eigenvalue weighted by Gasteiger charge is -2.28. The van der Waals surface area contributed by atoms with Crippen molar-refractivity contribution in [3.63, 3.8) is 0 Å². The van der Waals surface area contributed by atoms with Crippen LogP contribution in [0.5, 0.6) is 0 Å². The molecule has 190 valence electrons. The number of amides is 2. The number of carbonyl (C=O) groups excluding carboxylic acids is 2. The summed E-state index contributed by atoms with van der Waals surface area (Å²) in [6, 6.07) is 5.58. The SMILES string of the molecule is CC(C)(C)NS(=O)(=O)c1ccc(NC(=O)[C@H](CC2CCCCC2)NC(=O)C2CCCCC2)cc1. The van der Waals surface area contributed by atoms with Gasteiger partial charge in [-0.3, -0.25) is 9.59 Å².